The third-order valence-electron chi connectivity index (χ3n) is 7.78. The van der Waals surface area contributed by atoms with E-state index in [1.807, 2.05) is 0 Å². The van der Waals surface area contributed by atoms with Crippen molar-refractivity contribution in [2.45, 2.75) is 69.9 Å². The van der Waals surface area contributed by atoms with Crippen LogP contribution in [0.15, 0.2) is 30.5 Å². The van der Waals surface area contributed by atoms with Gasteiger partial charge < -0.3 is 15.0 Å². The van der Waals surface area contributed by atoms with E-state index in [-0.39, 0.29) is 29.3 Å². The first kappa shape index (κ1) is 25.6. The smallest absolute Gasteiger partial charge is 0.306 e. The van der Waals surface area contributed by atoms with Gasteiger partial charge in [0.2, 0.25) is 5.91 Å². The molecule has 2 heterocycles. The molecule has 1 aromatic carbocycles. The standard InChI is InChI=1S/C27H29ClF2N4O3/c28-23-11-8-17(14-31-23)25-33-21-12-19(29)20(30)13-22(21)34(25)24(15-4-2-1-3-5-15)26(35)32-18-9-6-16(7-10-18)27(36)37/h8,11-16,18,24H,1-7,9-10H2,(H,32,35)(H,36,37)/t16-,18-,24?. The quantitative estimate of drug-likeness (QED) is 0.386. The van der Waals surface area contributed by atoms with E-state index < -0.39 is 23.6 Å². The number of hydrogen-bond acceptors (Lipinski definition) is 4. The largest absolute Gasteiger partial charge is 0.481 e. The van der Waals surface area contributed by atoms with Crippen molar-refractivity contribution in [2.24, 2.45) is 11.8 Å². The number of rotatable bonds is 6. The number of nitrogens with one attached hydrogen (secondary N) is 1. The molecule has 1 amide bonds. The van der Waals surface area contributed by atoms with E-state index in [0.29, 0.717) is 47.7 Å². The summed E-state index contributed by atoms with van der Waals surface area (Å²) in [7, 11) is 0. The van der Waals surface area contributed by atoms with Gasteiger partial charge >= 0.3 is 5.97 Å². The maximum Gasteiger partial charge on any atom is 0.306 e. The number of imidazole rings is 1. The molecular formula is C27H29ClF2N4O3. The summed E-state index contributed by atoms with van der Waals surface area (Å²) in [6.07, 6.45) is 8.41. The number of aromatic nitrogens is 3. The highest BCUT2D eigenvalue weighted by molar-refractivity contribution is 6.29. The summed E-state index contributed by atoms with van der Waals surface area (Å²) < 4.78 is 30.4. The summed E-state index contributed by atoms with van der Waals surface area (Å²) in [5, 5.41) is 12.8. The Bertz CT molecular complexity index is 1300. The Morgan fingerprint density at radius 1 is 1.03 bits per heavy atom. The molecule has 2 aromatic heterocycles. The number of aliphatic carboxylic acids is 1. The van der Waals surface area contributed by atoms with E-state index in [9.17, 15) is 23.5 Å². The van der Waals surface area contributed by atoms with E-state index in [4.69, 9.17) is 11.6 Å². The minimum Gasteiger partial charge on any atom is -0.481 e. The van der Waals surface area contributed by atoms with Crippen molar-refractivity contribution in [3.05, 3.63) is 47.2 Å². The first-order chi connectivity index (χ1) is 17.8. The molecule has 10 heteroatoms. The van der Waals surface area contributed by atoms with Crippen molar-refractivity contribution in [2.75, 3.05) is 0 Å². The summed E-state index contributed by atoms with van der Waals surface area (Å²) in [6, 6.07) is 4.65. The fourth-order valence-electron chi connectivity index (χ4n) is 5.85. The SMILES string of the molecule is O=C(N[C@H]1CC[C@H](C(=O)O)CC1)C(C1CCCCC1)n1c(-c2ccc(Cl)nc2)nc2cc(F)c(F)cc21. The lowest BCUT2D eigenvalue weighted by Gasteiger charge is -2.34. The van der Waals surface area contributed by atoms with Gasteiger partial charge in [0, 0.05) is 29.9 Å². The van der Waals surface area contributed by atoms with Crippen LogP contribution < -0.4 is 5.32 Å². The van der Waals surface area contributed by atoms with Crippen LogP contribution in [0.5, 0.6) is 0 Å². The number of carbonyl (C=O) groups excluding carboxylic acids is 1. The Kier molecular flexibility index (Phi) is 7.42. The molecule has 2 aliphatic carbocycles. The zero-order valence-corrected chi connectivity index (χ0v) is 21.1. The number of amides is 1. The van der Waals surface area contributed by atoms with Gasteiger partial charge in [-0.3, -0.25) is 9.59 Å². The van der Waals surface area contributed by atoms with Crippen LogP contribution in [0.1, 0.15) is 63.8 Å². The highest BCUT2D eigenvalue weighted by Crippen LogP contribution is 2.39. The van der Waals surface area contributed by atoms with Gasteiger partial charge in [0.15, 0.2) is 11.6 Å². The van der Waals surface area contributed by atoms with Crippen LogP contribution in [0.3, 0.4) is 0 Å². The Hall–Kier alpha value is -3.07. The first-order valence-corrected chi connectivity index (χ1v) is 13.2. The van der Waals surface area contributed by atoms with Crippen molar-refractivity contribution < 1.29 is 23.5 Å². The number of fused-ring (bicyclic) bond motifs is 1. The van der Waals surface area contributed by atoms with Crippen LogP contribution in [0, 0.1) is 23.5 Å². The molecule has 0 saturated heterocycles. The van der Waals surface area contributed by atoms with E-state index >= 15 is 0 Å². The van der Waals surface area contributed by atoms with Crippen LogP contribution >= 0.6 is 11.6 Å². The second-order valence-corrected chi connectivity index (χ2v) is 10.6. The lowest BCUT2D eigenvalue weighted by atomic mass is 9.82. The van der Waals surface area contributed by atoms with E-state index in [2.05, 4.69) is 15.3 Å². The number of pyridine rings is 1. The summed E-state index contributed by atoms with van der Waals surface area (Å²) in [4.78, 5) is 34.1. The average molecular weight is 531 g/mol. The lowest BCUT2D eigenvalue weighted by Crippen LogP contribution is -2.44. The third kappa shape index (κ3) is 5.32. The molecular weight excluding hydrogens is 502 g/mol. The normalized spacial score (nSPS) is 21.6. The van der Waals surface area contributed by atoms with Gasteiger partial charge in [-0.2, -0.15) is 0 Å². The van der Waals surface area contributed by atoms with Crippen molar-refractivity contribution in [3.8, 4) is 11.4 Å². The molecule has 2 fully saturated rings. The molecule has 2 aliphatic rings. The fraction of sp³-hybridized carbons (Fsp3) is 0.481. The van der Waals surface area contributed by atoms with Crippen LogP contribution in [-0.2, 0) is 9.59 Å². The van der Waals surface area contributed by atoms with Gasteiger partial charge in [0.05, 0.1) is 17.0 Å². The Labute approximate surface area is 218 Å². The molecule has 1 atom stereocenters. The molecule has 37 heavy (non-hydrogen) atoms. The molecule has 3 aromatic rings. The lowest BCUT2D eigenvalue weighted by molar-refractivity contribution is -0.142. The molecule has 0 aliphatic heterocycles. The molecule has 2 N–H and O–H groups in total. The zero-order chi connectivity index (χ0) is 26.1. The van der Waals surface area contributed by atoms with Gasteiger partial charge in [0.25, 0.3) is 0 Å². The summed E-state index contributed by atoms with van der Waals surface area (Å²) >= 11 is 5.99. The molecule has 1 unspecified atom stereocenters. The number of carboxylic acids is 1. The van der Waals surface area contributed by atoms with Crippen molar-refractivity contribution in [3.63, 3.8) is 0 Å². The maximum absolute atomic E-state index is 14.5. The van der Waals surface area contributed by atoms with Gasteiger partial charge in [-0.25, -0.2) is 18.7 Å². The highest BCUT2D eigenvalue weighted by atomic mass is 35.5. The maximum atomic E-state index is 14.5. The van der Waals surface area contributed by atoms with Crippen molar-refractivity contribution >= 4 is 34.5 Å². The topological polar surface area (TPSA) is 97.1 Å². The number of benzene rings is 1. The monoisotopic (exact) mass is 530 g/mol. The summed E-state index contributed by atoms with van der Waals surface area (Å²) in [5.74, 6) is -3.04. The molecule has 196 valence electrons. The van der Waals surface area contributed by atoms with Crippen molar-refractivity contribution in [1.82, 2.24) is 19.9 Å². The molecule has 5 rings (SSSR count). The zero-order valence-electron chi connectivity index (χ0n) is 20.3. The van der Waals surface area contributed by atoms with Gasteiger partial charge in [0.1, 0.15) is 17.0 Å². The molecule has 7 nitrogen and oxygen atoms in total. The number of carboxylic acid groups (broad SMARTS) is 1. The summed E-state index contributed by atoms with van der Waals surface area (Å²) in [5.41, 5.74) is 1.17. The van der Waals surface area contributed by atoms with E-state index in [0.717, 1.165) is 44.2 Å². The molecule has 2 saturated carbocycles. The summed E-state index contributed by atoms with van der Waals surface area (Å²) in [6.45, 7) is 0. The van der Waals surface area contributed by atoms with E-state index in [1.54, 1.807) is 16.7 Å². The van der Waals surface area contributed by atoms with Crippen LogP contribution in [0.2, 0.25) is 5.15 Å². The fourth-order valence-corrected chi connectivity index (χ4v) is 5.96. The predicted octanol–water partition coefficient (Wildman–Crippen LogP) is 5.91. The minimum absolute atomic E-state index is 0.0198. The van der Waals surface area contributed by atoms with Crippen LogP contribution in [0.4, 0.5) is 8.78 Å². The van der Waals surface area contributed by atoms with Gasteiger partial charge in [-0.15, -0.1) is 0 Å². The number of halogens is 3. The Morgan fingerprint density at radius 2 is 1.73 bits per heavy atom. The Balaban J connectivity index is 1.57. The second kappa shape index (κ2) is 10.7. The van der Waals surface area contributed by atoms with Crippen molar-refractivity contribution in [1.29, 1.82) is 0 Å². The predicted molar refractivity (Wildman–Crippen MR) is 135 cm³/mol. The van der Waals surface area contributed by atoms with Gasteiger partial charge in [-0.1, -0.05) is 30.9 Å². The third-order valence-corrected chi connectivity index (χ3v) is 8.01. The first-order valence-electron chi connectivity index (χ1n) is 12.8. The molecule has 0 spiro atoms. The minimum atomic E-state index is -1.01. The van der Waals surface area contributed by atoms with Crippen LogP contribution in [-0.4, -0.2) is 37.6 Å². The average Bonchev–Trinajstić information content (AvgIpc) is 3.23. The van der Waals surface area contributed by atoms with Gasteiger partial charge in [-0.05, 0) is 56.6 Å². The molecule has 0 radical (unpaired) electrons. The Morgan fingerprint density at radius 3 is 2.38 bits per heavy atom. The van der Waals surface area contributed by atoms with E-state index in [1.165, 1.54) is 6.20 Å². The second-order valence-electron chi connectivity index (χ2n) is 10.2. The van der Waals surface area contributed by atoms with Crippen LogP contribution in [0.25, 0.3) is 22.4 Å². The number of nitrogens with zero attached hydrogens (tertiary/aromatic N) is 3. The number of hydrogen-bond donors (Lipinski definition) is 2. The molecule has 0 bridgehead atoms. The number of carbonyl (C=O) groups is 2. The highest BCUT2D eigenvalue weighted by Gasteiger charge is 2.36.